The van der Waals surface area contributed by atoms with Crippen LogP contribution in [0.25, 0.3) is 5.65 Å². The molecule has 132 valence electrons. The van der Waals surface area contributed by atoms with Crippen LogP contribution < -0.4 is 16.2 Å². The number of carbonyl (C=O) groups excluding carboxylic acids is 2. The molecule has 9 nitrogen and oxygen atoms in total. The Morgan fingerprint density at radius 3 is 2.62 bits per heavy atom. The largest absolute Gasteiger partial charge is 0.345 e. The number of fused-ring (bicyclic) bond motifs is 1. The molecule has 26 heavy (non-hydrogen) atoms. The zero-order valence-electron chi connectivity index (χ0n) is 14.0. The van der Waals surface area contributed by atoms with Gasteiger partial charge in [0.05, 0.1) is 6.54 Å². The van der Waals surface area contributed by atoms with E-state index in [1.807, 2.05) is 0 Å². The highest BCUT2D eigenvalue weighted by molar-refractivity contribution is 5.99. The molecule has 0 saturated carbocycles. The van der Waals surface area contributed by atoms with Gasteiger partial charge in [0.2, 0.25) is 11.6 Å². The Labute approximate surface area is 148 Å². The van der Waals surface area contributed by atoms with Crippen molar-refractivity contribution in [2.75, 3.05) is 5.32 Å². The average molecular weight is 352 g/mol. The zero-order valence-corrected chi connectivity index (χ0v) is 14.0. The maximum atomic E-state index is 12.2. The first-order valence-corrected chi connectivity index (χ1v) is 7.70. The summed E-state index contributed by atoms with van der Waals surface area (Å²) in [4.78, 5) is 35.4. The van der Waals surface area contributed by atoms with Crippen LogP contribution in [-0.4, -0.2) is 31.0 Å². The second kappa shape index (κ2) is 7.01. The van der Waals surface area contributed by atoms with Crippen LogP contribution in [-0.2, 0) is 18.4 Å². The number of nitrogens with one attached hydrogen (secondary N) is 2. The van der Waals surface area contributed by atoms with Crippen LogP contribution in [0.3, 0.4) is 0 Å². The molecule has 9 heteroatoms. The Morgan fingerprint density at radius 1 is 1.19 bits per heavy atom. The normalized spacial score (nSPS) is 10.5. The summed E-state index contributed by atoms with van der Waals surface area (Å²) in [6.07, 6.45) is 4.42. The van der Waals surface area contributed by atoms with E-state index in [-0.39, 0.29) is 29.6 Å². The molecule has 2 amide bonds. The molecule has 0 unspecified atom stereocenters. The van der Waals surface area contributed by atoms with E-state index in [0.717, 1.165) is 6.08 Å². The zero-order chi connectivity index (χ0) is 18.7. The van der Waals surface area contributed by atoms with Crippen LogP contribution >= 0.6 is 0 Å². The number of amides is 2. The summed E-state index contributed by atoms with van der Waals surface area (Å²) >= 11 is 0. The number of rotatable bonds is 5. The molecule has 0 spiro atoms. The van der Waals surface area contributed by atoms with Crippen molar-refractivity contribution in [1.29, 1.82) is 0 Å². The summed E-state index contributed by atoms with van der Waals surface area (Å²) in [5.41, 5.74) is 0.911. The van der Waals surface area contributed by atoms with Gasteiger partial charge in [0, 0.05) is 30.7 Å². The van der Waals surface area contributed by atoms with Gasteiger partial charge >= 0.3 is 0 Å². The molecule has 0 radical (unpaired) electrons. The molecule has 2 N–H and O–H groups in total. The van der Waals surface area contributed by atoms with Gasteiger partial charge in [-0.05, 0) is 30.3 Å². The summed E-state index contributed by atoms with van der Waals surface area (Å²) in [6, 6.07) is 6.41. The standard InChI is InChI=1S/C17H16N6O3/c1-3-14(24)19-12-6-4-11(5-7-12)16(25)18-10-13-20-21-15-17(26)22(2)8-9-23(13)15/h3-9H,1,10H2,2H3,(H,18,25)(H,19,24). The number of hydrogen-bond acceptors (Lipinski definition) is 5. The predicted octanol–water partition coefficient (Wildman–Crippen LogP) is 0.482. The molecule has 0 bridgehead atoms. The molecule has 1 aromatic carbocycles. The molecule has 3 aromatic rings. The number of benzene rings is 1. The second-order valence-electron chi connectivity index (χ2n) is 5.48. The first-order chi connectivity index (χ1) is 12.5. The van der Waals surface area contributed by atoms with E-state index in [0.29, 0.717) is 17.1 Å². The lowest BCUT2D eigenvalue weighted by Crippen LogP contribution is -2.24. The minimum absolute atomic E-state index is 0.113. The third kappa shape index (κ3) is 3.36. The summed E-state index contributed by atoms with van der Waals surface area (Å²) < 4.78 is 2.94. The van der Waals surface area contributed by atoms with Gasteiger partial charge in [0.1, 0.15) is 0 Å². The second-order valence-corrected chi connectivity index (χ2v) is 5.48. The van der Waals surface area contributed by atoms with Crippen molar-refractivity contribution < 1.29 is 9.59 Å². The van der Waals surface area contributed by atoms with Gasteiger partial charge in [-0.25, -0.2) is 0 Å². The Bertz CT molecular complexity index is 1050. The van der Waals surface area contributed by atoms with E-state index in [9.17, 15) is 14.4 Å². The van der Waals surface area contributed by atoms with E-state index in [1.165, 1.54) is 8.97 Å². The molecule has 0 atom stereocenters. The average Bonchev–Trinajstić information content (AvgIpc) is 3.07. The Morgan fingerprint density at radius 2 is 1.92 bits per heavy atom. The quantitative estimate of drug-likeness (QED) is 0.649. The third-order valence-corrected chi connectivity index (χ3v) is 3.72. The lowest BCUT2D eigenvalue weighted by atomic mass is 10.2. The van der Waals surface area contributed by atoms with Crippen LogP contribution in [0.2, 0.25) is 0 Å². The number of aromatic nitrogens is 4. The lowest BCUT2D eigenvalue weighted by Gasteiger charge is -2.06. The van der Waals surface area contributed by atoms with Gasteiger partial charge in [-0.3, -0.25) is 18.8 Å². The smallest absolute Gasteiger partial charge is 0.295 e. The monoisotopic (exact) mass is 352 g/mol. The Hall–Kier alpha value is -3.75. The van der Waals surface area contributed by atoms with Crippen molar-refractivity contribution in [3.8, 4) is 0 Å². The Kier molecular flexibility index (Phi) is 4.61. The summed E-state index contributed by atoms with van der Waals surface area (Å²) in [7, 11) is 1.62. The molecule has 0 fully saturated rings. The van der Waals surface area contributed by atoms with E-state index < -0.39 is 0 Å². The van der Waals surface area contributed by atoms with E-state index in [1.54, 1.807) is 43.7 Å². The molecule has 0 aliphatic rings. The molecule has 3 rings (SSSR count). The van der Waals surface area contributed by atoms with Crippen LogP contribution in [0.5, 0.6) is 0 Å². The van der Waals surface area contributed by atoms with Crippen molar-refractivity contribution in [3.05, 3.63) is 71.1 Å². The van der Waals surface area contributed by atoms with E-state index in [2.05, 4.69) is 27.4 Å². The van der Waals surface area contributed by atoms with Crippen molar-refractivity contribution in [1.82, 2.24) is 24.5 Å². The van der Waals surface area contributed by atoms with Crippen LogP contribution in [0.4, 0.5) is 5.69 Å². The van der Waals surface area contributed by atoms with Crippen LogP contribution in [0.15, 0.2) is 54.1 Å². The summed E-state index contributed by atoms with van der Waals surface area (Å²) in [6.45, 7) is 3.49. The highest BCUT2D eigenvalue weighted by Gasteiger charge is 2.11. The van der Waals surface area contributed by atoms with Crippen molar-refractivity contribution in [2.24, 2.45) is 7.05 Å². The topological polar surface area (TPSA) is 110 Å². The van der Waals surface area contributed by atoms with Gasteiger partial charge in [-0.15, -0.1) is 10.2 Å². The van der Waals surface area contributed by atoms with E-state index in [4.69, 9.17) is 0 Å². The van der Waals surface area contributed by atoms with Gasteiger partial charge in [-0.2, -0.15) is 0 Å². The summed E-state index contributed by atoms with van der Waals surface area (Å²) in [5.74, 6) is -0.194. The van der Waals surface area contributed by atoms with Crippen LogP contribution in [0.1, 0.15) is 16.2 Å². The number of hydrogen-bond donors (Lipinski definition) is 2. The molecule has 2 aromatic heterocycles. The molecular formula is C17H16N6O3. The van der Waals surface area contributed by atoms with Crippen molar-refractivity contribution >= 4 is 23.1 Å². The molecular weight excluding hydrogens is 336 g/mol. The molecule has 2 heterocycles. The molecule has 0 aliphatic heterocycles. The highest BCUT2D eigenvalue weighted by atomic mass is 16.2. The van der Waals surface area contributed by atoms with Crippen molar-refractivity contribution in [3.63, 3.8) is 0 Å². The maximum absolute atomic E-state index is 12.2. The fraction of sp³-hybridized carbons (Fsp3) is 0.118. The van der Waals surface area contributed by atoms with Gasteiger partial charge in [0.15, 0.2) is 5.82 Å². The number of nitrogens with zero attached hydrogens (tertiary/aromatic N) is 4. The number of anilines is 1. The predicted molar refractivity (Wildman–Crippen MR) is 94.7 cm³/mol. The molecule has 0 aliphatic carbocycles. The highest BCUT2D eigenvalue weighted by Crippen LogP contribution is 2.10. The Balaban J connectivity index is 1.69. The first kappa shape index (κ1) is 17.1. The fourth-order valence-corrected chi connectivity index (χ4v) is 2.30. The van der Waals surface area contributed by atoms with E-state index >= 15 is 0 Å². The van der Waals surface area contributed by atoms with Crippen LogP contribution in [0, 0.1) is 0 Å². The molecule has 0 saturated heterocycles. The maximum Gasteiger partial charge on any atom is 0.295 e. The SMILES string of the molecule is C=CC(=O)Nc1ccc(C(=O)NCc2nnc3c(=O)n(C)ccn23)cc1. The lowest BCUT2D eigenvalue weighted by molar-refractivity contribution is -0.111. The van der Waals surface area contributed by atoms with Gasteiger partial charge in [0.25, 0.3) is 11.5 Å². The summed E-state index contributed by atoms with van der Waals surface area (Å²) in [5, 5.41) is 13.1. The van der Waals surface area contributed by atoms with Gasteiger partial charge in [-0.1, -0.05) is 6.58 Å². The van der Waals surface area contributed by atoms with Gasteiger partial charge < -0.3 is 15.2 Å². The van der Waals surface area contributed by atoms with Crippen molar-refractivity contribution in [2.45, 2.75) is 6.54 Å². The fourth-order valence-electron chi connectivity index (χ4n) is 2.30. The third-order valence-electron chi connectivity index (χ3n) is 3.72. The minimum atomic E-state index is -0.327. The minimum Gasteiger partial charge on any atom is -0.345 e. The first-order valence-electron chi connectivity index (χ1n) is 7.70. The number of carbonyl (C=O) groups is 2. The number of aryl methyl sites for hydroxylation is 1.